The molecule has 0 spiro atoms. The highest BCUT2D eigenvalue weighted by Crippen LogP contribution is 2.17. The first kappa shape index (κ1) is 15.0. The molecule has 0 bridgehead atoms. The molecule has 102 valence electrons. The monoisotopic (exact) mass is 249 g/mol. The Balaban J connectivity index is 2.46. The fourth-order valence-electron chi connectivity index (χ4n) is 2.28. The molecule has 0 aliphatic heterocycles. The first-order valence-electron chi connectivity index (χ1n) is 7.10. The van der Waals surface area contributed by atoms with E-state index in [0.717, 1.165) is 19.5 Å². The molecule has 0 saturated carbocycles. The van der Waals surface area contributed by atoms with Gasteiger partial charge in [0.05, 0.1) is 0 Å². The van der Waals surface area contributed by atoms with Gasteiger partial charge in [0, 0.05) is 0 Å². The van der Waals surface area contributed by atoms with E-state index in [4.69, 9.17) is 0 Å². The molecule has 2 heteroatoms. The second kappa shape index (κ2) is 8.15. The Hall–Kier alpha value is -1.02. The fraction of sp³-hybridized carbons (Fsp3) is 0.625. The van der Waals surface area contributed by atoms with Crippen LogP contribution in [0.4, 0.5) is 0 Å². The summed E-state index contributed by atoms with van der Waals surface area (Å²) < 4.78 is 0. The van der Waals surface area contributed by atoms with Crippen molar-refractivity contribution in [2.75, 3.05) is 13.1 Å². The SMILES string of the molecule is CCCC(CNCC(C)C)Cc1cccc(O)c1. The van der Waals surface area contributed by atoms with Crippen LogP contribution in [-0.2, 0) is 6.42 Å². The molecule has 1 rings (SSSR count). The molecular formula is C16H27NO. The van der Waals surface area contributed by atoms with Crippen LogP contribution in [0.5, 0.6) is 5.75 Å². The summed E-state index contributed by atoms with van der Waals surface area (Å²) in [5.74, 6) is 1.74. The zero-order valence-corrected chi connectivity index (χ0v) is 11.9. The van der Waals surface area contributed by atoms with Gasteiger partial charge in [-0.25, -0.2) is 0 Å². The Morgan fingerprint density at radius 1 is 1.22 bits per heavy atom. The summed E-state index contributed by atoms with van der Waals surface area (Å²) in [4.78, 5) is 0. The summed E-state index contributed by atoms with van der Waals surface area (Å²) in [5, 5.41) is 13.0. The number of rotatable bonds is 8. The molecule has 0 heterocycles. The van der Waals surface area contributed by atoms with Crippen LogP contribution in [0, 0.1) is 11.8 Å². The molecule has 2 N–H and O–H groups in total. The minimum Gasteiger partial charge on any atom is -0.508 e. The average Bonchev–Trinajstić information content (AvgIpc) is 2.28. The van der Waals surface area contributed by atoms with Gasteiger partial charge in [-0.2, -0.15) is 0 Å². The van der Waals surface area contributed by atoms with E-state index in [1.165, 1.54) is 18.4 Å². The number of hydrogen-bond acceptors (Lipinski definition) is 2. The first-order valence-corrected chi connectivity index (χ1v) is 7.10. The lowest BCUT2D eigenvalue weighted by Crippen LogP contribution is -2.27. The minimum absolute atomic E-state index is 0.373. The van der Waals surface area contributed by atoms with E-state index in [1.54, 1.807) is 6.07 Å². The first-order chi connectivity index (χ1) is 8.61. The topological polar surface area (TPSA) is 32.3 Å². The van der Waals surface area contributed by atoms with Gasteiger partial charge < -0.3 is 10.4 Å². The van der Waals surface area contributed by atoms with Crippen LogP contribution >= 0.6 is 0 Å². The summed E-state index contributed by atoms with van der Waals surface area (Å²) in [6.07, 6.45) is 3.50. The smallest absolute Gasteiger partial charge is 0.115 e. The van der Waals surface area contributed by atoms with E-state index >= 15 is 0 Å². The fourth-order valence-corrected chi connectivity index (χ4v) is 2.28. The van der Waals surface area contributed by atoms with E-state index in [9.17, 15) is 5.11 Å². The summed E-state index contributed by atoms with van der Waals surface area (Å²) >= 11 is 0. The maximum Gasteiger partial charge on any atom is 0.115 e. The average molecular weight is 249 g/mol. The lowest BCUT2D eigenvalue weighted by Gasteiger charge is -2.18. The number of hydrogen-bond donors (Lipinski definition) is 2. The molecule has 1 aromatic rings. The Bertz CT molecular complexity index is 336. The van der Waals surface area contributed by atoms with Gasteiger partial charge in [-0.1, -0.05) is 39.3 Å². The molecule has 0 amide bonds. The van der Waals surface area contributed by atoms with Gasteiger partial charge in [0.1, 0.15) is 5.75 Å². The van der Waals surface area contributed by atoms with Crippen molar-refractivity contribution >= 4 is 0 Å². The van der Waals surface area contributed by atoms with Gasteiger partial charge in [0.25, 0.3) is 0 Å². The van der Waals surface area contributed by atoms with Crippen molar-refractivity contribution in [1.29, 1.82) is 0 Å². The molecule has 0 radical (unpaired) electrons. The molecule has 1 atom stereocenters. The van der Waals surface area contributed by atoms with Crippen molar-refractivity contribution in [3.05, 3.63) is 29.8 Å². The second-order valence-corrected chi connectivity index (χ2v) is 5.58. The largest absolute Gasteiger partial charge is 0.508 e. The van der Waals surface area contributed by atoms with Crippen molar-refractivity contribution in [2.24, 2.45) is 11.8 Å². The second-order valence-electron chi connectivity index (χ2n) is 5.58. The van der Waals surface area contributed by atoms with Crippen LogP contribution in [0.3, 0.4) is 0 Å². The summed E-state index contributed by atoms with van der Waals surface area (Å²) in [6, 6.07) is 7.64. The quantitative estimate of drug-likeness (QED) is 0.738. The molecule has 1 aromatic carbocycles. The zero-order chi connectivity index (χ0) is 13.4. The number of aromatic hydroxyl groups is 1. The van der Waals surface area contributed by atoms with E-state index in [-0.39, 0.29) is 0 Å². The van der Waals surface area contributed by atoms with Crippen LogP contribution in [0.2, 0.25) is 0 Å². The third kappa shape index (κ3) is 6.06. The maximum atomic E-state index is 9.49. The van der Waals surface area contributed by atoms with Gasteiger partial charge >= 0.3 is 0 Å². The zero-order valence-electron chi connectivity index (χ0n) is 11.9. The Labute approximate surface area is 111 Å². The molecule has 0 aromatic heterocycles. The molecule has 0 aliphatic carbocycles. The molecule has 0 aliphatic rings. The minimum atomic E-state index is 0.373. The predicted molar refractivity (Wildman–Crippen MR) is 77.9 cm³/mol. The maximum absolute atomic E-state index is 9.49. The molecule has 2 nitrogen and oxygen atoms in total. The highest BCUT2D eigenvalue weighted by molar-refractivity contribution is 5.27. The van der Waals surface area contributed by atoms with Gasteiger partial charge in [0.15, 0.2) is 0 Å². The third-order valence-corrected chi connectivity index (χ3v) is 3.12. The van der Waals surface area contributed by atoms with Crippen LogP contribution in [0.15, 0.2) is 24.3 Å². The standard InChI is InChI=1S/C16H27NO/c1-4-6-15(12-17-11-13(2)3)9-14-7-5-8-16(18)10-14/h5,7-8,10,13,15,17-18H,4,6,9,11-12H2,1-3H3. The summed E-state index contributed by atoms with van der Waals surface area (Å²) in [5.41, 5.74) is 1.24. The van der Waals surface area contributed by atoms with Crippen molar-refractivity contribution < 1.29 is 5.11 Å². The van der Waals surface area contributed by atoms with E-state index in [1.807, 2.05) is 12.1 Å². The van der Waals surface area contributed by atoms with Crippen LogP contribution in [-0.4, -0.2) is 18.2 Å². The number of nitrogens with one attached hydrogen (secondary N) is 1. The van der Waals surface area contributed by atoms with Crippen molar-refractivity contribution in [1.82, 2.24) is 5.32 Å². The predicted octanol–water partition coefficient (Wildman–Crippen LogP) is 3.60. The Morgan fingerprint density at radius 3 is 2.61 bits per heavy atom. The van der Waals surface area contributed by atoms with E-state index < -0.39 is 0 Å². The van der Waals surface area contributed by atoms with Crippen molar-refractivity contribution in [3.63, 3.8) is 0 Å². The van der Waals surface area contributed by atoms with Gasteiger partial charge in [0.2, 0.25) is 0 Å². The lowest BCUT2D eigenvalue weighted by molar-refractivity contribution is 0.419. The highest BCUT2D eigenvalue weighted by Gasteiger charge is 2.09. The molecule has 1 unspecified atom stereocenters. The third-order valence-electron chi connectivity index (χ3n) is 3.12. The normalized spacial score (nSPS) is 12.9. The highest BCUT2D eigenvalue weighted by atomic mass is 16.3. The van der Waals surface area contributed by atoms with Crippen molar-refractivity contribution in [2.45, 2.75) is 40.0 Å². The number of phenols is 1. The lowest BCUT2D eigenvalue weighted by atomic mass is 9.94. The molecular weight excluding hydrogens is 222 g/mol. The molecule has 18 heavy (non-hydrogen) atoms. The van der Waals surface area contributed by atoms with Gasteiger partial charge in [-0.3, -0.25) is 0 Å². The van der Waals surface area contributed by atoms with Crippen molar-refractivity contribution in [3.8, 4) is 5.75 Å². The number of benzene rings is 1. The Kier molecular flexibility index (Phi) is 6.81. The number of phenolic OH excluding ortho intramolecular Hbond substituents is 1. The van der Waals surface area contributed by atoms with Crippen LogP contribution < -0.4 is 5.32 Å². The summed E-state index contributed by atoms with van der Waals surface area (Å²) in [7, 11) is 0. The van der Waals surface area contributed by atoms with E-state index in [0.29, 0.717) is 17.6 Å². The molecule has 0 fully saturated rings. The van der Waals surface area contributed by atoms with Crippen LogP contribution in [0.1, 0.15) is 39.2 Å². The van der Waals surface area contributed by atoms with E-state index in [2.05, 4.69) is 32.2 Å². The summed E-state index contributed by atoms with van der Waals surface area (Å²) in [6.45, 7) is 8.86. The molecule has 0 saturated heterocycles. The Morgan fingerprint density at radius 2 is 2.00 bits per heavy atom. The van der Waals surface area contributed by atoms with Gasteiger partial charge in [-0.05, 0) is 55.5 Å². The van der Waals surface area contributed by atoms with Crippen LogP contribution in [0.25, 0.3) is 0 Å². The van der Waals surface area contributed by atoms with Gasteiger partial charge in [-0.15, -0.1) is 0 Å².